The van der Waals surface area contributed by atoms with E-state index >= 15 is 0 Å². The lowest BCUT2D eigenvalue weighted by atomic mass is 10.1. The summed E-state index contributed by atoms with van der Waals surface area (Å²) in [6.45, 7) is 1.53. The van der Waals surface area contributed by atoms with Crippen molar-refractivity contribution < 1.29 is 63.7 Å². The summed E-state index contributed by atoms with van der Waals surface area (Å²) in [6, 6.07) is -3.33. The zero-order valence-electron chi connectivity index (χ0n) is 21.4. The molecule has 5 atom stereocenters. The molecule has 0 aliphatic carbocycles. The number of carbonyl (C=O) groups is 2. The maximum absolute atomic E-state index is 13.1. The molecule has 1 aliphatic rings. The summed E-state index contributed by atoms with van der Waals surface area (Å²) < 4.78 is 121. The van der Waals surface area contributed by atoms with Crippen LogP contribution in [-0.4, -0.2) is 93.6 Å². The van der Waals surface area contributed by atoms with Crippen molar-refractivity contribution in [1.82, 2.24) is 24.8 Å². The molecule has 4 N–H and O–H groups in total. The SMILES string of the molecule is COC[C@H](c1cnn2cc([C@@H](N)[C@@H](C)OC(C)C(F)(F)F)nc2c1)N1CC(C(F)(F)F)NC1=O.O=C(O)C(F)(F)F. The van der Waals surface area contributed by atoms with Gasteiger partial charge in [-0.15, -0.1) is 0 Å². The average Bonchev–Trinajstić information content (AvgIpc) is 3.44. The van der Waals surface area contributed by atoms with E-state index in [4.69, 9.17) is 25.1 Å². The van der Waals surface area contributed by atoms with E-state index in [1.165, 1.54) is 37.0 Å². The number of amides is 2. The lowest BCUT2D eigenvalue weighted by molar-refractivity contribution is -0.227. The van der Waals surface area contributed by atoms with Crippen molar-refractivity contribution >= 4 is 17.6 Å². The molecule has 1 fully saturated rings. The Labute approximate surface area is 225 Å². The maximum atomic E-state index is 13.1. The molecule has 3 rings (SSSR count). The maximum Gasteiger partial charge on any atom is 0.490 e. The first-order valence-corrected chi connectivity index (χ1v) is 11.4. The van der Waals surface area contributed by atoms with Gasteiger partial charge in [-0.25, -0.2) is 19.1 Å². The number of nitrogens with zero attached hydrogens (tertiary/aromatic N) is 4. The molecule has 2 amide bonds. The predicted molar refractivity (Wildman–Crippen MR) is 119 cm³/mol. The number of hydrogen-bond donors (Lipinski definition) is 3. The van der Waals surface area contributed by atoms with Crippen LogP contribution in [0.5, 0.6) is 0 Å². The smallest absolute Gasteiger partial charge is 0.475 e. The van der Waals surface area contributed by atoms with Crippen molar-refractivity contribution in [2.24, 2.45) is 5.73 Å². The molecule has 1 aliphatic heterocycles. The summed E-state index contributed by atoms with van der Waals surface area (Å²) in [7, 11) is 1.34. The van der Waals surface area contributed by atoms with Crippen LogP contribution < -0.4 is 11.1 Å². The molecule has 20 heteroatoms. The number of aromatic nitrogens is 3. The van der Waals surface area contributed by atoms with Gasteiger partial charge in [0.25, 0.3) is 0 Å². The largest absolute Gasteiger partial charge is 0.490 e. The number of halogens is 9. The van der Waals surface area contributed by atoms with Gasteiger partial charge in [-0.05, 0) is 19.9 Å². The summed E-state index contributed by atoms with van der Waals surface area (Å²) >= 11 is 0. The van der Waals surface area contributed by atoms with E-state index in [1.807, 2.05) is 5.32 Å². The number of imidazole rings is 1. The highest BCUT2D eigenvalue weighted by Gasteiger charge is 2.48. The Bertz CT molecular complexity index is 1200. The van der Waals surface area contributed by atoms with Crippen LogP contribution in [0, 0.1) is 0 Å². The first-order valence-electron chi connectivity index (χ1n) is 11.4. The number of nitrogens with two attached hydrogens (primary N) is 1. The molecule has 1 saturated heterocycles. The number of rotatable bonds is 8. The minimum atomic E-state index is -5.08. The predicted octanol–water partition coefficient (Wildman–Crippen LogP) is 3.36. The van der Waals surface area contributed by atoms with E-state index in [-0.39, 0.29) is 17.9 Å². The third-order valence-corrected chi connectivity index (χ3v) is 5.75. The van der Waals surface area contributed by atoms with Crippen LogP contribution in [0.2, 0.25) is 0 Å². The monoisotopic (exact) mass is 612 g/mol. The highest BCUT2D eigenvalue weighted by atomic mass is 19.4. The molecule has 0 spiro atoms. The molecule has 0 bridgehead atoms. The molecular weight excluding hydrogens is 587 g/mol. The average molecular weight is 612 g/mol. The Balaban J connectivity index is 0.000000745. The van der Waals surface area contributed by atoms with Gasteiger partial charge in [-0.3, -0.25) is 0 Å². The van der Waals surface area contributed by atoms with E-state index in [9.17, 15) is 44.3 Å². The molecule has 2 aromatic heterocycles. The molecular formula is C21H25F9N6O5. The fourth-order valence-electron chi connectivity index (χ4n) is 3.51. The zero-order valence-corrected chi connectivity index (χ0v) is 21.4. The van der Waals surface area contributed by atoms with Gasteiger partial charge in [0.05, 0.1) is 49.4 Å². The van der Waals surface area contributed by atoms with E-state index < -0.39 is 67.4 Å². The van der Waals surface area contributed by atoms with E-state index in [1.54, 1.807) is 0 Å². The minimum absolute atomic E-state index is 0.108. The number of methoxy groups -OCH3 is 1. The van der Waals surface area contributed by atoms with Crippen LogP contribution in [0.25, 0.3) is 5.65 Å². The van der Waals surface area contributed by atoms with Gasteiger partial charge in [-0.2, -0.15) is 44.6 Å². The number of fused-ring (bicyclic) bond motifs is 1. The molecule has 0 saturated carbocycles. The van der Waals surface area contributed by atoms with Crippen LogP contribution >= 0.6 is 0 Å². The number of nitrogens with one attached hydrogen (secondary N) is 1. The number of alkyl halides is 9. The first kappa shape index (κ1) is 33.8. The molecule has 0 radical (unpaired) electrons. The van der Waals surface area contributed by atoms with Gasteiger partial charge in [0.2, 0.25) is 0 Å². The Hall–Kier alpha value is -3.39. The number of hydrogen-bond acceptors (Lipinski definition) is 7. The molecule has 11 nitrogen and oxygen atoms in total. The van der Waals surface area contributed by atoms with Crippen LogP contribution in [0.1, 0.15) is 37.2 Å². The van der Waals surface area contributed by atoms with Crippen LogP contribution in [-0.2, 0) is 14.3 Å². The second-order valence-corrected chi connectivity index (χ2v) is 8.78. The minimum Gasteiger partial charge on any atom is -0.475 e. The van der Waals surface area contributed by atoms with Gasteiger partial charge in [-0.1, -0.05) is 0 Å². The molecule has 2 aromatic rings. The lowest BCUT2D eigenvalue weighted by Crippen LogP contribution is -2.40. The summed E-state index contributed by atoms with van der Waals surface area (Å²) in [5, 5.41) is 13.2. The van der Waals surface area contributed by atoms with E-state index in [0.29, 0.717) is 5.56 Å². The number of carbonyl (C=O) groups excluding carboxylic acids is 1. The summed E-state index contributed by atoms with van der Waals surface area (Å²) in [5.41, 5.74) is 6.81. The zero-order chi connectivity index (χ0) is 31.5. The van der Waals surface area contributed by atoms with Crippen molar-refractivity contribution in [2.75, 3.05) is 20.3 Å². The van der Waals surface area contributed by atoms with Crippen molar-refractivity contribution in [3.63, 3.8) is 0 Å². The van der Waals surface area contributed by atoms with Crippen molar-refractivity contribution in [3.8, 4) is 0 Å². The first-order chi connectivity index (χ1) is 18.7. The van der Waals surface area contributed by atoms with Crippen LogP contribution in [0.4, 0.5) is 44.3 Å². The van der Waals surface area contributed by atoms with E-state index in [2.05, 4.69) is 10.1 Å². The molecule has 2 unspecified atom stereocenters. The lowest BCUT2D eigenvalue weighted by Gasteiger charge is -2.26. The summed E-state index contributed by atoms with van der Waals surface area (Å²) in [4.78, 5) is 26.4. The van der Waals surface area contributed by atoms with Gasteiger partial charge in [0, 0.05) is 12.7 Å². The van der Waals surface area contributed by atoms with Gasteiger partial charge < -0.3 is 30.5 Å². The topological polar surface area (TPSA) is 144 Å². The quantitative estimate of drug-likeness (QED) is 0.385. The third-order valence-electron chi connectivity index (χ3n) is 5.75. The normalized spacial score (nSPS) is 19.3. The standard InChI is InChI=1S/C19H24F6N6O3.C2HF3O2/c1-9(34-10(2)18(20,21)22)16(26)12-6-31-15(28-12)4-11(5-27-31)13(8-33-3)30-7-14(19(23,24)25)29-17(30)32;3-2(4,5)1(6)7/h4-6,9-10,13-14,16H,7-8,26H2,1-3H3,(H,29,32);(H,6,7)/t9-,10?,13-,14?,16+;/m1./s1. The number of carboxylic acids is 1. The molecule has 3 heterocycles. The third kappa shape index (κ3) is 8.80. The molecule has 232 valence electrons. The number of carboxylic acid groups (broad SMARTS) is 1. The fourth-order valence-corrected chi connectivity index (χ4v) is 3.51. The number of urea groups is 1. The van der Waals surface area contributed by atoms with E-state index in [0.717, 1.165) is 11.8 Å². The Morgan fingerprint density at radius 3 is 2.24 bits per heavy atom. The Morgan fingerprint density at radius 2 is 1.78 bits per heavy atom. The summed E-state index contributed by atoms with van der Waals surface area (Å²) in [6.07, 6.45) is -14.6. The second-order valence-electron chi connectivity index (χ2n) is 8.78. The van der Waals surface area contributed by atoms with Crippen LogP contribution in [0.3, 0.4) is 0 Å². The number of aliphatic carboxylic acids is 1. The summed E-state index contributed by atoms with van der Waals surface area (Å²) in [5.74, 6) is -2.76. The highest BCUT2D eigenvalue weighted by Crippen LogP contribution is 2.31. The second kappa shape index (κ2) is 12.6. The van der Waals surface area contributed by atoms with Gasteiger partial charge in [0.15, 0.2) is 11.8 Å². The van der Waals surface area contributed by atoms with Gasteiger partial charge in [0.1, 0.15) is 6.04 Å². The molecule has 0 aromatic carbocycles. The Morgan fingerprint density at radius 1 is 1.20 bits per heavy atom. The fraction of sp³-hybridized carbons (Fsp3) is 0.619. The highest BCUT2D eigenvalue weighted by molar-refractivity contribution is 5.77. The number of ether oxygens (including phenoxy) is 2. The molecule has 41 heavy (non-hydrogen) atoms. The van der Waals surface area contributed by atoms with Crippen molar-refractivity contribution in [1.29, 1.82) is 0 Å². The van der Waals surface area contributed by atoms with Crippen molar-refractivity contribution in [3.05, 3.63) is 29.7 Å². The van der Waals surface area contributed by atoms with Gasteiger partial charge >= 0.3 is 30.5 Å². The van der Waals surface area contributed by atoms with Crippen molar-refractivity contribution in [2.45, 2.75) is 62.7 Å². The Kier molecular flexibility index (Phi) is 10.4. The van der Waals surface area contributed by atoms with Crippen LogP contribution in [0.15, 0.2) is 18.5 Å².